The van der Waals surface area contributed by atoms with Crippen molar-refractivity contribution in [1.29, 1.82) is 0 Å². The summed E-state index contributed by atoms with van der Waals surface area (Å²) >= 11 is 5.87. The van der Waals surface area contributed by atoms with Gasteiger partial charge in [0.05, 0.1) is 6.54 Å². The molecule has 1 aromatic rings. The van der Waals surface area contributed by atoms with Crippen molar-refractivity contribution in [2.24, 2.45) is 0 Å². The third-order valence-corrected chi connectivity index (χ3v) is 5.30. The number of halogens is 1. The highest BCUT2D eigenvalue weighted by atomic mass is 35.5. The number of hydrogen-bond donors (Lipinski definition) is 3. The second-order valence-corrected chi connectivity index (χ2v) is 7.34. The van der Waals surface area contributed by atoms with Crippen molar-refractivity contribution in [2.45, 2.75) is 50.6 Å². The molecule has 8 heteroatoms. The second kappa shape index (κ2) is 7.63. The van der Waals surface area contributed by atoms with Crippen molar-refractivity contribution in [3.8, 4) is 0 Å². The molecule has 3 N–H and O–H groups in total. The normalized spacial score (nSPS) is 20.2. The maximum atomic E-state index is 12.6. The Kier molecular flexibility index (Phi) is 5.48. The van der Waals surface area contributed by atoms with E-state index >= 15 is 0 Å². The van der Waals surface area contributed by atoms with Gasteiger partial charge >= 0.3 is 6.03 Å². The number of nitrogens with one attached hydrogen (secondary N) is 3. The molecular formula is C18H23ClN4O3. The van der Waals surface area contributed by atoms with Crippen molar-refractivity contribution in [3.63, 3.8) is 0 Å². The largest absolute Gasteiger partial charge is 0.344 e. The van der Waals surface area contributed by atoms with Crippen LogP contribution in [0, 0.1) is 0 Å². The van der Waals surface area contributed by atoms with E-state index in [0.717, 1.165) is 29.8 Å². The smallest absolute Gasteiger partial charge is 0.322 e. The van der Waals surface area contributed by atoms with Gasteiger partial charge in [-0.05, 0) is 37.5 Å². The quantitative estimate of drug-likeness (QED) is 0.685. The van der Waals surface area contributed by atoms with Crippen LogP contribution in [0.4, 0.5) is 4.79 Å². The van der Waals surface area contributed by atoms with Crippen LogP contribution in [-0.2, 0) is 9.59 Å². The van der Waals surface area contributed by atoms with E-state index in [1.165, 1.54) is 0 Å². The Morgan fingerprint density at radius 1 is 1.23 bits per heavy atom. The standard InChI is InChI=1S/C18H23ClN4O3/c1-12(13-5-7-14(19)8-6-13)20-11-15(24)22-23-16(25)18(21-17(23)26)9-3-2-4-10-18/h5-8,12,20H,2-4,9-11H2,1H3,(H,21,26)(H,22,24)/t12-/m1/s1. The average molecular weight is 379 g/mol. The zero-order chi connectivity index (χ0) is 18.7. The molecule has 7 nitrogen and oxygen atoms in total. The maximum Gasteiger partial charge on any atom is 0.344 e. The van der Waals surface area contributed by atoms with Gasteiger partial charge in [0.15, 0.2) is 0 Å². The summed E-state index contributed by atoms with van der Waals surface area (Å²) in [7, 11) is 0. The number of benzene rings is 1. The fraction of sp³-hybridized carbons (Fsp3) is 0.500. The fourth-order valence-electron chi connectivity index (χ4n) is 3.50. The van der Waals surface area contributed by atoms with E-state index in [-0.39, 0.29) is 18.5 Å². The number of rotatable bonds is 5. The molecule has 1 saturated heterocycles. The monoisotopic (exact) mass is 378 g/mol. The minimum Gasteiger partial charge on any atom is -0.322 e. The van der Waals surface area contributed by atoms with E-state index < -0.39 is 17.5 Å². The molecule has 2 fully saturated rings. The Morgan fingerprint density at radius 2 is 1.88 bits per heavy atom. The molecule has 1 aromatic carbocycles. The molecule has 4 amide bonds. The Morgan fingerprint density at radius 3 is 2.54 bits per heavy atom. The van der Waals surface area contributed by atoms with Crippen molar-refractivity contribution >= 4 is 29.4 Å². The lowest BCUT2D eigenvalue weighted by molar-refractivity contribution is -0.139. The molecule has 1 saturated carbocycles. The summed E-state index contributed by atoms with van der Waals surface area (Å²) in [5.41, 5.74) is 2.56. The predicted octanol–water partition coefficient (Wildman–Crippen LogP) is 2.28. The van der Waals surface area contributed by atoms with Gasteiger partial charge in [-0.15, -0.1) is 0 Å². The van der Waals surface area contributed by atoms with E-state index in [0.29, 0.717) is 17.9 Å². The maximum absolute atomic E-state index is 12.6. The van der Waals surface area contributed by atoms with Crippen LogP contribution in [0.15, 0.2) is 24.3 Å². The van der Waals surface area contributed by atoms with Gasteiger partial charge in [0.25, 0.3) is 11.8 Å². The third kappa shape index (κ3) is 3.83. The van der Waals surface area contributed by atoms with Crippen LogP contribution >= 0.6 is 11.6 Å². The summed E-state index contributed by atoms with van der Waals surface area (Å²) in [6.45, 7) is 1.90. The first-order valence-electron chi connectivity index (χ1n) is 8.86. The molecular weight excluding hydrogens is 356 g/mol. The van der Waals surface area contributed by atoms with Gasteiger partial charge in [-0.1, -0.05) is 43.0 Å². The summed E-state index contributed by atoms with van der Waals surface area (Å²) in [5, 5.41) is 7.30. The zero-order valence-electron chi connectivity index (χ0n) is 14.7. The lowest BCUT2D eigenvalue weighted by Crippen LogP contribution is -2.52. The first-order chi connectivity index (χ1) is 12.4. The van der Waals surface area contributed by atoms with Gasteiger partial charge in [0.2, 0.25) is 0 Å². The molecule has 1 aliphatic carbocycles. The first kappa shape index (κ1) is 18.7. The van der Waals surface area contributed by atoms with Crippen molar-refractivity contribution in [1.82, 2.24) is 21.1 Å². The Balaban J connectivity index is 1.53. The SMILES string of the molecule is C[C@@H](NCC(=O)NN1C(=O)NC2(CCCCC2)C1=O)c1ccc(Cl)cc1. The molecule has 0 unspecified atom stereocenters. The summed E-state index contributed by atoms with van der Waals surface area (Å²) in [5.74, 6) is -0.802. The van der Waals surface area contributed by atoms with Gasteiger partial charge in [0, 0.05) is 11.1 Å². The molecule has 0 aromatic heterocycles. The summed E-state index contributed by atoms with van der Waals surface area (Å²) in [4.78, 5) is 36.9. The number of nitrogens with zero attached hydrogens (tertiary/aromatic N) is 1. The summed E-state index contributed by atoms with van der Waals surface area (Å²) in [6.07, 6.45) is 4.09. The number of imide groups is 1. The molecule has 1 heterocycles. The van der Waals surface area contributed by atoms with Crippen LogP contribution in [0.5, 0.6) is 0 Å². The molecule has 1 spiro atoms. The summed E-state index contributed by atoms with van der Waals surface area (Å²) in [6, 6.07) is 6.68. The van der Waals surface area contributed by atoms with Crippen LogP contribution in [0.1, 0.15) is 50.6 Å². The number of carbonyl (C=O) groups excluding carboxylic acids is 3. The van der Waals surface area contributed by atoms with Gasteiger partial charge in [-0.2, -0.15) is 5.01 Å². The number of urea groups is 1. The third-order valence-electron chi connectivity index (χ3n) is 5.04. The Hall–Kier alpha value is -2.12. The molecule has 26 heavy (non-hydrogen) atoms. The molecule has 1 aliphatic heterocycles. The lowest BCUT2D eigenvalue weighted by atomic mass is 9.82. The Labute approximate surface area is 157 Å². The molecule has 0 bridgehead atoms. The first-order valence-corrected chi connectivity index (χ1v) is 9.24. The number of amides is 4. The van der Waals surface area contributed by atoms with Crippen LogP contribution in [-0.4, -0.2) is 34.9 Å². The summed E-state index contributed by atoms with van der Waals surface area (Å²) < 4.78 is 0. The average Bonchev–Trinajstić information content (AvgIpc) is 2.85. The highest BCUT2D eigenvalue weighted by molar-refractivity contribution is 6.30. The van der Waals surface area contributed by atoms with E-state index in [9.17, 15) is 14.4 Å². The fourth-order valence-corrected chi connectivity index (χ4v) is 3.62. The number of hydrazine groups is 1. The van der Waals surface area contributed by atoms with Gasteiger partial charge in [-0.25, -0.2) is 4.79 Å². The molecule has 2 aliphatic rings. The van der Waals surface area contributed by atoms with Crippen LogP contribution < -0.4 is 16.1 Å². The molecule has 140 valence electrons. The van der Waals surface area contributed by atoms with E-state index in [2.05, 4.69) is 16.1 Å². The van der Waals surface area contributed by atoms with Crippen LogP contribution in [0.2, 0.25) is 5.02 Å². The highest BCUT2D eigenvalue weighted by Gasteiger charge is 2.52. The minimum absolute atomic E-state index is 0.0200. The molecule has 1 atom stereocenters. The van der Waals surface area contributed by atoms with Crippen molar-refractivity contribution in [3.05, 3.63) is 34.9 Å². The van der Waals surface area contributed by atoms with E-state index in [4.69, 9.17) is 11.6 Å². The number of carbonyl (C=O) groups is 3. The zero-order valence-corrected chi connectivity index (χ0v) is 15.4. The van der Waals surface area contributed by atoms with Crippen LogP contribution in [0.3, 0.4) is 0 Å². The van der Waals surface area contributed by atoms with E-state index in [1.54, 1.807) is 12.1 Å². The number of hydrogen-bond acceptors (Lipinski definition) is 4. The van der Waals surface area contributed by atoms with Gasteiger partial charge < -0.3 is 10.6 Å². The topological polar surface area (TPSA) is 90.5 Å². The van der Waals surface area contributed by atoms with Crippen molar-refractivity contribution in [2.75, 3.05) is 6.54 Å². The van der Waals surface area contributed by atoms with Crippen LogP contribution in [0.25, 0.3) is 0 Å². The van der Waals surface area contributed by atoms with E-state index in [1.807, 2.05) is 19.1 Å². The Bertz CT molecular complexity index is 701. The van der Waals surface area contributed by atoms with Gasteiger partial charge in [-0.3, -0.25) is 15.0 Å². The predicted molar refractivity (Wildman–Crippen MR) is 97.2 cm³/mol. The van der Waals surface area contributed by atoms with Gasteiger partial charge in [0.1, 0.15) is 5.54 Å². The molecule has 0 radical (unpaired) electrons. The van der Waals surface area contributed by atoms with Crippen molar-refractivity contribution < 1.29 is 14.4 Å². The second-order valence-electron chi connectivity index (χ2n) is 6.90. The minimum atomic E-state index is -0.841. The lowest BCUT2D eigenvalue weighted by Gasteiger charge is -2.30. The molecule has 3 rings (SSSR count). The highest BCUT2D eigenvalue weighted by Crippen LogP contribution is 2.32.